The van der Waals surface area contributed by atoms with E-state index in [2.05, 4.69) is 0 Å². The molecule has 224 valence electrons. The first kappa shape index (κ1) is 29.7. The van der Waals surface area contributed by atoms with Crippen LogP contribution < -0.4 is 9.47 Å². The highest BCUT2D eigenvalue weighted by molar-refractivity contribution is 5.73. The van der Waals surface area contributed by atoms with Gasteiger partial charge in [-0.3, -0.25) is 0 Å². The molecule has 6 aromatic carbocycles. The quantitative estimate of drug-likeness (QED) is 0.127. The lowest BCUT2D eigenvalue weighted by atomic mass is 9.98. The lowest BCUT2D eigenvalue weighted by molar-refractivity contribution is 0.118. The molecule has 0 aromatic heterocycles. The van der Waals surface area contributed by atoms with Gasteiger partial charge in [-0.25, -0.2) is 17.6 Å². The van der Waals surface area contributed by atoms with Crippen molar-refractivity contribution in [2.24, 2.45) is 0 Å². The summed E-state index contributed by atoms with van der Waals surface area (Å²) in [4.78, 5) is 0. The Labute approximate surface area is 259 Å². The molecule has 6 aromatic rings. The average Bonchev–Trinajstić information content (AvgIpc) is 3.03. The molecule has 0 aliphatic heterocycles. The van der Waals surface area contributed by atoms with Crippen LogP contribution in [0.5, 0.6) is 11.5 Å². The van der Waals surface area contributed by atoms with E-state index >= 15 is 0 Å². The number of benzene rings is 6. The van der Waals surface area contributed by atoms with Crippen molar-refractivity contribution in [2.45, 2.75) is 13.8 Å². The SMILES string of the molecule is Cc1cc(-c2ccc(-c3ccc(F)cc3)c(F)c2)ccc1OCOc1ccc(-c2ccc(-c3ccc(F)cc3)c(F)c2)cc1C. The molecule has 0 saturated carbocycles. The molecule has 0 heterocycles. The summed E-state index contributed by atoms with van der Waals surface area (Å²) in [7, 11) is 0. The molecular formula is C39H28F4O2. The topological polar surface area (TPSA) is 18.5 Å². The summed E-state index contributed by atoms with van der Waals surface area (Å²) in [6, 6.07) is 32.6. The average molecular weight is 605 g/mol. The van der Waals surface area contributed by atoms with Crippen LogP contribution in [0.4, 0.5) is 17.6 Å². The van der Waals surface area contributed by atoms with Gasteiger partial charge in [0, 0.05) is 11.1 Å². The Bertz CT molecular complexity index is 1840. The highest BCUT2D eigenvalue weighted by Gasteiger charge is 2.12. The van der Waals surface area contributed by atoms with E-state index in [4.69, 9.17) is 9.47 Å². The molecule has 45 heavy (non-hydrogen) atoms. The van der Waals surface area contributed by atoms with E-state index in [0.29, 0.717) is 44.9 Å². The second kappa shape index (κ2) is 12.7. The second-order valence-corrected chi connectivity index (χ2v) is 10.8. The second-order valence-electron chi connectivity index (χ2n) is 10.8. The summed E-state index contributed by atoms with van der Waals surface area (Å²) in [5.74, 6) is -0.250. The Morgan fingerprint density at radius 2 is 0.733 bits per heavy atom. The number of hydrogen-bond donors (Lipinski definition) is 0. The van der Waals surface area contributed by atoms with Gasteiger partial charge >= 0.3 is 0 Å². The molecule has 0 bridgehead atoms. The molecule has 0 N–H and O–H groups in total. The zero-order valence-corrected chi connectivity index (χ0v) is 24.6. The Balaban J connectivity index is 1.09. The van der Waals surface area contributed by atoms with Crippen LogP contribution in [-0.4, -0.2) is 6.79 Å². The summed E-state index contributed by atoms with van der Waals surface area (Å²) in [6.07, 6.45) is 0. The van der Waals surface area contributed by atoms with Gasteiger partial charge in [-0.15, -0.1) is 0 Å². The summed E-state index contributed by atoms with van der Waals surface area (Å²) in [5, 5.41) is 0. The van der Waals surface area contributed by atoms with E-state index in [1.165, 1.54) is 36.4 Å². The van der Waals surface area contributed by atoms with Gasteiger partial charge in [0.1, 0.15) is 34.8 Å². The summed E-state index contributed by atoms with van der Waals surface area (Å²) in [6.45, 7) is 3.79. The predicted octanol–water partition coefficient (Wildman–Crippen LogP) is 10.9. The highest BCUT2D eigenvalue weighted by Crippen LogP contribution is 2.33. The van der Waals surface area contributed by atoms with Crippen molar-refractivity contribution in [3.63, 3.8) is 0 Å². The van der Waals surface area contributed by atoms with Crippen molar-refractivity contribution in [1.29, 1.82) is 0 Å². The summed E-state index contributed by atoms with van der Waals surface area (Å²) >= 11 is 0. The maximum absolute atomic E-state index is 14.9. The maximum Gasteiger partial charge on any atom is 0.230 e. The van der Waals surface area contributed by atoms with Crippen LogP contribution >= 0.6 is 0 Å². The van der Waals surface area contributed by atoms with Gasteiger partial charge in [0.05, 0.1) is 0 Å². The number of halogens is 4. The fraction of sp³-hybridized carbons (Fsp3) is 0.0769. The van der Waals surface area contributed by atoms with Crippen LogP contribution in [-0.2, 0) is 0 Å². The normalized spacial score (nSPS) is 11.0. The third kappa shape index (κ3) is 6.60. The number of hydrogen-bond acceptors (Lipinski definition) is 2. The van der Waals surface area contributed by atoms with E-state index in [1.807, 2.05) is 62.4 Å². The molecule has 2 nitrogen and oxygen atoms in total. The van der Waals surface area contributed by atoms with Gasteiger partial charge in [-0.05, 0) is 119 Å². The van der Waals surface area contributed by atoms with Crippen molar-refractivity contribution in [1.82, 2.24) is 0 Å². The molecule has 0 aliphatic rings. The minimum absolute atomic E-state index is 0.0254. The monoisotopic (exact) mass is 604 g/mol. The van der Waals surface area contributed by atoms with Gasteiger partial charge in [0.25, 0.3) is 0 Å². The highest BCUT2D eigenvalue weighted by atomic mass is 19.1. The molecular weight excluding hydrogens is 576 g/mol. The molecule has 0 spiro atoms. The molecule has 0 saturated heterocycles. The standard InChI is InChI=1S/C39H28F4O2/c1-24-19-28(30-7-15-34(36(42)21-30)26-3-11-32(40)12-4-26)9-17-38(24)44-23-45-39-18-10-29(20-25(39)2)31-8-16-35(37(43)22-31)27-5-13-33(41)14-6-27/h3-22H,23H2,1-2H3. The van der Waals surface area contributed by atoms with Crippen molar-refractivity contribution in [2.75, 3.05) is 6.79 Å². The maximum atomic E-state index is 14.9. The smallest absolute Gasteiger partial charge is 0.230 e. The van der Waals surface area contributed by atoms with Crippen molar-refractivity contribution in [3.8, 4) is 56.0 Å². The first-order valence-electron chi connectivity index (χ1n) is 14.3. The van der Waals surface area contributed by atoms with E-state index in [-0.39, 0.29) is 30.1 Å². The van der Waals surface area contributed by atoms with Gasteiger partial charge in [0.15, 0.2) is 0 Å². The minimum Gasteiger partial charge on any atom is -0.457 e. The summed E-state index contributed by atoms with van der Waals surface area (Å²) < 4.78 is 68.2. The van der Waals surface area contributed by atoms with Crippen molar-refractivity contribution in [3.05, 3.63) is 156 Å². The van der Waals surface area contributed by atoms with Crippen LogP contribution in [0, 0.1) is 37.1 Å². The lowest BCUT2D eigenvalue weighted by Gasteiger charge is -2.14. The first-order chi connectivity index (χ1) is 21.7. The Morgan fingerprint density at radius 3 is 1.09 bits per heavy atom. The van der Waals surface area contributed by atoms with Crippen LogP contribution in [0.2, 0.25) is 0 Å². The zero-order chi connectivity index (χ0) is 31.5. The van der Waals surface area contributed by atoms with Gasteiger partial charge in [-0.1, -0.05) is 60.7 Å². The molecule has 0 aliphatic carbocycles. The van der Waals surface area contributed by atoms with Gasteiger partial charge in [0.2, 0.25) is 6.79 Å². The molecule has 6 rings (SSSR count). The van der Waals surface area contributed by atoms with Crippen LogP contribution in [0.15, 0.2) is 121 Å². The molecule has 0 atom stereocenters. The van der Waals surface area contributed by atoms with Gasteiger partial charge < -0.3 is 9.47 Å². The minimum atomic E-state index is -0.390. The van der Waals surface area contributed by atoms with Crippen LogP contribution in [0.1, 0.15) is 11.1 Å². The number of rotatable bonds is 8. The fourth-order valence-electron chi connectivity index (χ4n) is 5.25. The molecule has 0 radical (unpaired) electrons. The van der Waals surface area contributed by atoms with E-state index in [0.717, 1.165) is 22.3 Å². The van der Waals surface area contributed by atoms with Crippen LogP contribution in [0.25, 0.3) is 44.5 Å². The Hall–Kier alpha value is -5.36. The van der Waals surface area contributed by atoms with E-state index < -0.39 is 0 Å². The van der Waals surface area contributed by atoms with Gasteiger partial charge in [-0.2, -0.15) is 0 Å². The Kier molecular flexibility index (Phi) is 8.39. The number of aryl methyl sites for hydroxylation is 2. The van der Waals surface area contributed by atoms with Crippen molar-refractivity contribution < 1.29 is 27.0 Å². The summed E-state index contributed by atoms with van der Waals surface area (Å²) in [5.41, 5.74) is 6.83. The zero-order valence-electron chi connectivity index (χ0n) is 24.6. The van der Waals surface area contributed by atoms with Crippen LogP contribution in [0.3, 0.4) is 0 Å². The molecule has 0 unspecified atom stereocenters. The molecule has 0 amide bonds. The lowest BCUT2D eigenvalue weighted by Crippen LogP contribution is -2.07. The third-order valence-corrected chi connectivity index (χ3v) is 7.69. The first-order valence-corrected chi connectivity index (χ1v) is 14.3. The van der Waals surface area contributed by atoms with E-state index in [9.17, 15) is 17.6 Å². The third-order valence-electron chi connectivity index (χ3n) is 7.69. The largest absolute Gasteiger partial charge is 0.457 e. The van der Waals surface area contributed by atoms with E-state index in [1.54, 1.807) is 36.4 Å². The Morgan fingerprint density at radius 1 is 0.400 bits per heavy atom. The fourth-order valence-corrected chi connectivity index (χ4v) is 5.25. The van der Waals surface area contributed by atoms with Crippen molar-refractivity contribution >= 4 is 0 Å². The molecule has 0 fully saturated rings. The predicted molar refractivity (Wildman–Crippen MR) is 170 cm³/mol. The molecule has 6 heteroatoms. The number of ether oxygens (including phenoxy) is 2.